The van der Waals surface area contributed by atoms with Gasteiger partial charge >= 0.3 is 6.09 Å². The van der Waals surface area contributed by atoms with E-state index in [0.29, 0.717) is 11.8 Å². The predicted octanol–water partition coefficient (Wildman–Crippen LogP) is 4.05. The molecule has 7 heteroatoms. The molecule has 7 nitrogen and oxygen atoms in total. The molecule has 174 valence electrons. The molecule has 2 aromatic rings. The van der Waals surface area contributed by atoms with Gasteiger partial charge in [0.2, 0.25) is 0 Å². The first-order valence-corrected chi connectivity index (χ1v) is 11.1. The third-order valence-corrected chi connectivity index (χ3v) is 6.23. The molecule has 1 aromatic carbocycles. The number of carbonyl (C=O) groups excluding carboxylic acids is 1. The number of aliphatic hydroxyl groups is 1. The van der Waals surface area contributed by atoms with Crippen LogP contribution in [0.4, 0.5) is 4.79 Å². The first-order chi connectivity index (χ1) is 15.1. The lowest BCUT2D eigenvalue weighted by Gasteiger charge is -2.50. The summed E-state index contributed by atoms with van der Waals surface area (Å²) in [4.78, 5) is 16.9. The molecule has 0 radical (unpaired) electrons. The number of nitrogens with two attached hydrogens (primary N) is 1. The Balaban J connectivity index is 0.000000312. The van der Waals surface area contributed by atoms with Crippen LogP contribution in [0.15, 0.2) is 43.1 Å². The number of fused-ring (bicyclic) bond motifs is 4. The van der Waals surface area contributed by atoms with Crippen molar-refractivity contribution in [2.24, 2.45) is 17.6 Å². The molecule has 3 aliphatic rings. The quantitative estimate of drug-likeness (QED) is 0.695. The molecule has 0 aliphatic carbocycles. The molecule has 4 heterocycles. The maximum Gasteiger partial charge on any atom is 0.405 e. The Bertz CT molecular complexity index is 956. The minimum absolute atomic E-state index is 0.178. The summed E-state index contributed by atoms with van der Waals surface area (Å²) in [5.74, 6) is 2.01. The van der Waals surface area contributed by atoms with Gasteiger partial charge in [0.15, 0.2) is 0 Å². The smallest absolute Gasteiger partial charge is 0.405 e. The van der Waals surface area contributed by atoms with Crippen LogP contribution in [0, 0.1) is 11.8 Å². The van der Waals surface area contributed by atoms with Gasteiger partial charge in [-0.1, -0.05) is 6.08 Å². The van der Waals surface area contributed by atoms with Crippen molar-refractivity contribution in [1.29, 1.82) is 0 Å². The molecule has 32 heavy (non-hydrogen) atoms. The molecule has 5 atom stereocenters. The van der Waals surface area contributed by atoms with Gasteiger partial charge < -0.3 is 20.3 Å². The number of methoxy groups -OCH3 is 1. The molecule has 1 aromatic heterocycles. The van der Waals surface area contributed by atoms with Crippen molar-refractivity contribution in [3.63, 3.8) is 0 Å². The van der Waals surface area contributed by atoms with Crippen LogP contribution in [0.5, 0.6) is 5.75 Å². The Morgan fingerprint density at radius 1 is 1.38 bits per heavy atom. The second-order valence-electron chi connectivity index (χ2n) is 9.51. The molecular formula is C25H35N3O4. The van der Waals surface area contributed by atoms with Crippen LogP contribution in [0.1, 0.15) is 45.3 Å². The second kappa shape index (κ2) is 9.88. The highest BCUT2D eigenvalue weighted by Gasteiger charge is 2.42. The molecule has 0 saturated carbocycles. The minimum Gasteiger partial charge on any atom is -0.497 e. The zero-order valence-electron chi connectivity index (χ0n) is 19.5. The van der Waals surface area contributed by atoms with Crippen molar-refractivity contribution >= 4 is 17.0 Å². The number of benzene rings is 1. The van der Waals surface area contributed by atoms with Crippen LogP contribution in [-0.2, 0) is 4.74 Å². The Morgan fingerprint density at radius 2 is 2.12 bits per heavy atom. The van der Waals surface area contributed by atoms with E-state index in [-0.39, 0.29) is 6.04 Å². The highest BCUT2D eigenvalue weighted by molar-refractivity contribution is 5.84. The van der Waals surface area contributed by atoms with Crippen molar-refractivity contribution in [3.8, 4) is 5.75 Å². The summed E-state index contributed by atoms with van der Waals surface area (Å²) in [5, 5.41) is 12.1. The third kappa shape index (κ3) is 5.58. The van der Waals surface area contributed by atoms with Crippen LogP contribution in [0.25, 0.3) is 10.9 Å². The number of aliphatic hydroxyl groups excluding tert-OH is 1. The molecular weight excluding hydrogens is 406 g/mol. The zero-order valence-corrected chi connectivity index (χ0v) is 19.5. The topological polar surface area (TPSA) is 97.9 Å². The van der Waals surface area contributed by atoms with Gasteiger partial charge in [0.05, 0.1) is 18.7 Å². The van der Waals surface area contributed by atoms with Crippen LogP contribution in [-0.4, -0.2) is 52.9 Å². The molecule has 1 amide bonds. The SMILES string of the molecule is C=C[C@@H]1CN2CCC1C[C@@H]2[C@H](O)c1ccnc2ccc(OC)cc12.CC(C)(C)OC(N)=O. The Hall–Kier alpha value is -2.64. The fraction of sp³-hybridized carbons (Fsp3) is 0.520. The van der Waals surface area contributed by atoms with Crippen molar-refractivity contribution in [3.05, 3.63) is 48.7 Å². The van der Waals surface area contributed by atoms with Gasteiger partial charge in [-0.15, -0.1) is 6.58 Å². The molecule has 0 spiro atoms. The first kappa shape index (κ1) is 24.0. The lowest BCUT2D eigenvalue weighted by Crippen LogP contribution is -2.54. The van der Waals surface area contributed by atoms with Gasteiger partial charge in [-0.3, -0.25) is 9.88 Å². The highest BCUT2D eigenvalue weighted by Crippen LogP contribution is 2.42. The van der Waals surface area contributed by atoms with Gasteiger partial charge in [-0.2, -0.15) is 0 Å². The molecule has 2 unspecified atom stereocenters. The maximum absolute atomic E-state index is 11.2. The van der Waals surface area contributed by atoms with E-state index in [1.807, 2.05) is 24.3 Å². The molecule has 3 saturated heterocycles. The van der Waals surface area contributed by atoms with E-state index in [9.17, 15) is 9.90 Å². The summed E-state index contributed by atoms with van der Waals surface area (Å²) in [5.41, 5.74) is 6.11. The van der Waals surface area contributed by atoms with Crippen LogP contribution in [0.2, 0.25) is 0 Å². The number of aromatic nitrogens is 1. The summed E-state index contributed by atoms with van der Waals surface area (Å²) in [6.45, 7) is 11.4. The zero-order chi connectivity index (χ0) is 23.5. The predicted molar refractivity (Wildman–Crippen MR) is 125 cm³/mol. The van der Waals surface area contributed by atoms with Gasteiger partial charge in [-0.05, 0) is 81.8 Å². The summed E-state index contributed by atoms with van der Waals surface area (Å²) in [7, 11) is 1.66. The van der Waals surface area contributed by atoms with Crippen LogP contribution >= 0.6 is 0 Å². The molecule has 3 aliphatic heterocycles. The number of primary amides is 1. The van der Waals surface area contributed by atoms with E-state index < -0.39 is 17.8 Å². The number of pyridine rings is 1. The Morgan fingerprint density at radius 3 is 2.66 bits per heavy atom. The van der Waals surface area contributed by atoms with Crippen molar-refractivity contribution in [2.45, 2.75) is 51.4 Å². The Labute approximate surface area is 190 Å². The number of nitrogens with zero attached hydrogens (tertiary/aromatic N) is 2. The molecule has 5 rings (SSSR count). The van der Waals surface area contributed by atoms with E-state index in [0.717, 1.165) is 41.7 Å². The summed E-state index contributed by atoms with van der Waals surface area (Å²) < 4.78 is 9.93. The monoisotopic (exact) mass is 441 g/mol. The maximum atomic E-state index is 11.2. The third-order valence-electron chi connectivity index (χ3n) is 6.23. The largest absolute Gasteiger partial charge is 0.497 e. The lowest BCUT2D eigenvalue weighted by atomic mass is 9.73. The van der Waals surface area contributed by atoms with E-state index >= 15 is 0 Å². The average molecular weight is 442 g/mol. The van der Waals surface area contributed by atoms with Gasteiger partial charge in [-0.25, -0.2) is 4.79 Å². The van der Waals surface area contributed by atoms with Crippen LogP contribution in [0.3, 0.4) is 0 Å². The molecule has 3 fully saturated rings. The van der Waals surface area contributed by atoms with Crippen molar-refractivity contribution in [2.75, 3.05) is 20.2 Å². The van der Waals surface area contributed by atoms with E-state index in [4.69, 9.17) is 10.5 Å². The number of ether oxygens (including phenoxy) is 2. The van der Waals surface area contributed by atoms with Crippen molar-refractivity contribution < 1.29 is 19.4 Å². The number of amides is 1. The van der Waals surface area contributed by atoms with Crippen LogP contribution < -0.4 is 10.5 Å². The lowest BCUT2D eigenvalue weighted by molar-refractivity contribution is -0.0444. The summed E-state index contributed by atoms with van der Waals surface area (Å²) in [6.07, 6.45) is 4.90. The Kier molecular flexibility index (Phi) is 7.41. The summed E-state index contributed by atoms with van der Waals surface area (Å²) >= 11 is 0. The molecule has 2 bridgehead atoms. The number of piperidine rings is 3. The van der Waals surface area contributed by atoms with E-state index in [1.165, 1.54) is 6.42 Å². The van der Waals surface area contributed by atoms with Crippen molar-refractivity contribution in [1.82, 2.24) is 9.88 Å². The normalized spacial score (nSPS) is 25.4. The number of hydrogen-bond acceptors (Lipinski definition) is 6. The van der Waals surface area contributed by atoms with E-state index in [2.05, 4.69) is 27.3 Å². The van der Waals surface area contributed by atoms with Gasteiger partial charge in [0.1, 0.15) is 11.4 Å². The average Bonchev–Trinajstić information content (AvgIpc) is 2.76. The summed E-state index contributed by atoms with van der Waals surface area (Å²) in [6, 6.07) is 7.96. The fourth-order valence-electron chi connectivity index (χ4n) is 4.75. The number of rotatable bonds is 4. The number of hydrogen-bond donors (Lipinski definition) is 2. The molecule has 3 N–H and O–H groups in total. The minimum atomic E-state index is -0.725. The fourth-order valence-corrected chi connectivity index (χ4v) is 4.75. The van der Waals surface area contributed by atoms with Gasteiger partial charge in [0, 0.05) is 24.2 Å². The van der Waals surface area contributed by atoms with Gasteiger partial charge in [0.25, 0.3) is 0 Å². The number of carbonyl (C=O) groups is 1. The first-order valence-electron chi connectivity index (χ1n) is 11.1. The highest BCUT2D eigenvalue weighted by atomic mass is 16.6. The second-order valence-corrected chi connectivity index (χ2v) is 9.51. The van der Waals surface area contributed by atoms with E-state index in [1.54, 1.807) is 34.1 Å². The standard InChI is InChI=1S/C20H24N2O2.C5H11NO2/c1-3-13-12-22-9-7-14(13)10-19(22)20(23)16-6-8-21-18-5-4-15(24-2)11-17(16)18;1-5(2,3)8-4(6)7/h3-6,8,11,13-14,19-20,23H,1,7,9-10,12H2,2H3;1-3H3,(H2,6,7)/t13-,14?,19-,20-;/m1./s1.